The van der Waals surface area contributed by atoms with E-state index in [2.05, 4.69) is 34.7 Å². The fourth-order valence-corrected chi connectivity index (χ4v) is 2.74. The number of carbonyl (C=O) groups excluding carboxylic acids is 1. The number of pyridine rings is 1. The minimum absolute atomic E-state index is 0.00171. The summed E-state index contributed by atoms with van der Waals surface area (Å²) in [5, 5.41) is 0. The lowest BCUT2D eigenvalue weighted by molar-refractivity contribution is 0.0764. The maximum Gasteiger partial charge on any atom is 0.256 e. The molecule has 1 aromatic heterocycles. The number of aromatic nitrogens is 1. The standard InChI is InChI=1S/C16H18N4O/c17-19-15-11-18-8-5-14(15)16(21)20-9-6-12-3-1-2-4-13(12)7-10-20/h1-5,8,11,19H,6-7,9-10,17H2. The van der Waals surface area contributed by atoms with Crippen LogP contribution in [0.3, 0.4) is 0 Å². The fraction of sp³-hybridized carbons (Fsp3) is 0.250. The molecule has 0 bridgehead atoms. The van der Waals surface area contributed by atoms with E-state index in [4.69, 9.17) is 5.84 Å². The number of nitrogens with zero attached hydrogens (tertiary/aromatic N) is 2. The molecule has 1 amide bonds. The van der Waals surface area contributed by atoms with Crippen LogP contribution >= 0.6 is 0 Å². The van der Waals surface area contributed by atoms with Gasteiger partial charge in [0.1, 0.15) is 0 Å². The number of nitrogens with two attached hydrogens (primary N) is 1. The maximum absolute atomic E-state index is 12.7. The molecule has 0 fully saturated rings. The molecule has 1 aliphatic heterocycles. The zero-order chi connectivity index (χ0) is 14.7. The highest BCUT2D eigenvalue weighted by Crippen LogP contribution is 2.19. The van der Waals surface area contributed by atoms with Crippen LogP contribution in [0.15, 0.2) is 42.7 Å². The van der Waals surface area contributed by atoms with Gasteiger partial charge in [-0.25, -0.2) is 0 Å². The summed E-state index contributed by atoms with van der Waals surface area (Å²) in [5.74, 6) is 5.46. The predicted octanol–water partition coefficient (Wildman–Crippen LogP) is 1.61. The van der Waals surface area contributed by atoms with Crippen LogP contribution in [-0.4, -0.2) is 28.9 Å². The fourth-order valence-electron chi connectivity index (χ4n) is 2.74. The molecular formula is C16H18N4O. The first-order chi connectivity index (χ1) is 10.3. The number of benzene rings is 1. The van der Waals surface area contributed by atoms with E-state index in [1.807, 2.05) is 4.90 Å². The topological polar surface area (TPSA) is 71.2 Å². The SMILES string of the molecule is NNc1cnccc1C(=O)N1CCc2ccccc2CC1. The van der Waals surface area contributed by atoms with E-state index in [1.54, 1.807) is 18.5 Å². The molecule has 5 heteroatoms. The van der Waals surface area contributed by atoms with Crippen LogP contribution in [0.2, 0.25) is 0 Å². The molecule has 0 spiro atoms. The first-order valence-electron chi connectivity index (χ1n) is 7.06. The predicted molar refractivity (Wildman–Crippen MR) is 81.8 cm³/mol. The van der Waals surface area contributed by atoms with Gasteiger partial charge in [0.05, 0.1) is 17.4 Å². The second-order valence-electron chi connectivity index (χ2n) is 5.13. The van der Waals surface area contributed by atoms with Crippen LogP contribution in [0, 0.1) is 0 Å². The van der Waals surface area contributed by atoms with Gasteiger partial charge in [-0.3, -0.25) is 15.6 Å². The molecule has 2 heterocycles. The summed E-state index contributed by atoms with van der Waals surface area (Å²) in [6.45, 7) is 1.45. The zero-order valence-corrected chi connectivity index (χ0v) is 11.7. The summed E-state index contributed by atoms with van der Waals surface area (Å²) < 4.78 is 0. The van der Waals surface area contributed by atoms with E-state index < -0.39 is 0 Å². The summed E-state index contributed by atoms with van der Waals surface area (Å²) in [4.78, 5) is 18.6. The third-order valence-electron chi connectivity index (χ3n) is 3.91. The number of nitrogen functional groups attached to an aromatic ring is 1. The normalized spacial score (nSPS) is 14.2. The average molecular weight is 282 g/mol. The van der Waals surface area contributed by atoms with Crippen molar-refractivity contribution in [3.63, 3.8) is 0 Å². The average Bonchev–Trinajstić information content (AvgIpc) is 2.77. The largest absolute Gasteiger partial charge is 0.338 e. The smallest absolute Gasteiger partial charge is 0.256 e. The lowest BCUT2D eigenvalue weighted by atomic mass is 10.0. The van der Waals surface area contributed by atoms with Crippen LogP contribution in [0.4, 0.5) is 5.69 Å². The highest BCUT2D eigenvalue weighted by atomic mass is 16.2. The van der Waals surface area contributed by atoms with Crippen LogP contribution in [-0.2, 0) is 12.8 Å². The van der Waals surface area contributed by atoms with E-state index >= 15 is 0 Å². The Morgan fingerprint density at radius 2 is 1.81 bits per heavy atom. The van der Waals surface area contributed by atoms with Crippen LogP contribution in [0.25, 0.3) is 0 Å². The molecule has 1 aromatic carbocycles. The Bertz CT molecular complexity index is 629. The van der Waals surface area contributed by atoms with E-state index in [0.717, 1.165) is 25.9 Å². The quantitative estimate of drug-likeness (QED) is 0.648. The van der Waals surface area contributed by atoms with Crippen LogP contribution < -0.4 is 11.3 Å². The Morgan fingerprint density at radius 1 is 1.14 bits per heavy atom. The molecular weight excluding hydrogens is 264 g/mol. The summed E-state index contributed by atoms with van der Waals surface area (Å²) in [6.07, 6.45) is 4.96. The van der Waals surface area contributed by atoms with Gasteiger partial charge in [0, 0.05) is 19.3 Å². The molecule has 0 saturated heterocycles. The molecule has 108 valence electrons. The number of anilines is 1. The molecule has 3 rings (SSSR count). The monoisotopic (exact) mass is 282 g/mol. The van der Waals surface area contributed by atoms with Gasteiger partial charge in [-0.15, -0.1) is 0 Å². The van der Waals surface area contributed by atoms with Gasteiger partial charge in [0.2, 0.25) is 0 Å². The van der Waals surface area contributed by atoms with Gasteiger partial charge < -0.3 is 10.3 Å². The zero-order valence-electron chi connectivity index (χ0n) is 11.7. The summed E-state index contributed by atoms with van der Waals surface area (Å²) in [5.41, 5.74) is 6.33. The van der Waals surface area contributed by atoms with E-state index in [9.17, 15) is 4.79 Å². The Hall–Kier alpha value is -2.40. The number of nitrogens with one attached hydrogen (secondary N) is 1. The lowest BCUT2D eigenvalue weighted by Crippen LogP contribution is -2.34. The van der Waals surface area contributed by atoms with E-state index in [1.165, 1.54) is 11.1 Å². The first kappa shape index (κ1) is 13.6. The number of fused-ring (bicyclic) bond motifs is 1. The van der Waals surface area contributed by atoms with E-state index in [0.29, 0.717) is 11.3 Å². The molecule has 0 unspecified atom stereocenters. The summed E-state index contributed by atoms with van der Waals surface area (Å²) in [6, 6.07) is 10.1. The van der Waals surface area contributed by atoms with Gasteiger partial charge in [-0.1, -0.05) is 24.3 Å². The van der Waals surface area contributed by atoms with Crippen LogP contribution in [0.5, 0.6) is 0 Å². The van der Waals surface area contributed by atoms with Crippen molar-refractivity contribution >= 4 is 11.6 Å². The summed E-state index contributed by atoms with van der Waals surface area (Å²) >= 11 is 0. The Kier molecular flexibility index (Phi) is 3.83. The Balaban J connectivity index is 1.81. The van der Waals surface area contributed by atoms with Gasteiger partial charge in [-0.05, 0) is 30.0 Å². The molecule has 0 aliphatic carbocycles. The maximum atomic E-state index is 12.7. The van der Waals surface area contributed by atoms with Gasteiger partial charge in [0.25, 0.3) is 5.91 Å². The molecule has 0 atom stereocenters. The third-order valence-corrected chi connectivity index (χ3v) is 3.91. The number of amides is 1. The van der Waals surface area contributed by atoms with Crippen molar-refractivity contribution in [1.82, 2.24) is 9.88 Å². The number of hydrogen-bond acceptors (Lipinski definition) is 4. The highest BCUT2D eigenvalue weighted by molar-refractivity contribution is 5.99. The third kappa shape index (κ3) is 2.73. The van der Waals surface area contributed by atoms with Crippen molar-refractivity contribution in [3.8, 4) is 0 Å². The lowest BCUT2D eigenvalue weighted by Gasteiger charge is -2.21. The molecule has 0 radical (unpaired) electrons. The van der Waals surface area contributed by atoms with Crippen molar-refractivity contribution in [2.75, 3.05) is 18.5 Å². The van der Waals surface area contributed by atoms with Gasteiger partial charge in [-0.2, -0.15) is 0 Å². The molecule has 0 saturated carbocycles. The van der Waals surface area contributed by atoms with Crippen molar-refractivity contribution in [1.29, 1.82) is 0 Å². The number of hydrogen-bond donors (Lipinski definition) is 2. The second-order valence-corrected chi connectivity index (χ2v) is 5.13. The molecule has 21 heavy (non-hydrogen) atoms. The molecule has 3 N–H and O–H groups in total. The number of carbonyl (C=O) groups is 1. The van der Waals surface area contributed by atoms with Gasteiger partial charge in [0.15, 0.2) is 0 Å². The molecule has 5 nitrogen and oxygen atoms in total. The minimum atomic E-state index is -0.00171. The van der Waals surface area contributed by atoms with Crippen molar-refractivity contribution in [2.24, 2.45) is 5.84 Å². The Labute approximate surface area is 123 Å². The van der Waals surface area contributed by atoms with E-state index in [-0.39, 0.29) is 5.91 Å². The first-order valence-corrected chi connectivity index (χ1v) is 7.06. The molecule has 1 aliphatic rings. The number of hydrazine groups is 1. The van der Waals surface area contributed by atoms with Crippen molar-refractivity contribution < 1.29 is 4.79 Å². The van der Waals surface area contributed by atoms with Crippen molar-refractivity contribution in [3.05, 3.63) is 59.4 Å². The molecule has 2 aromatic rings. The summed E-state index contributed by atoms with van der Waals surface area (Å²) in [7, 11) is 0. The van der Waals surface area contributed by atoms with Crippen LogP contribution in [0.1, 0.15) is 21.5 Å². The minimum Gasteiger partial charge on any atom is -0.338 e. The second kappa shape index (κ2) is 5.93. The van der Waals surface area contributed by atoms with Crippen molar-refractivity contribution in [2.45, 2.75) is 12.8 Å². The highest BCUT2D eigenvalue weighted by Gasteiger charge is 2.21. The van der Waals surface area contributed by atoms with Gasteiger partial charge >= 0.3 is 0 Å². The number of rotatable bonds is 2. The Morgan fingerprint density at radius 3 is 2.43 bits per heavy atom.